The minimum Gasteiger partial charge on any atom is -0.508 e. The number of phenols is 1. The fourth-order valence-electron chi connectivity index (χ4n) is 2.78. The minimum atomic E-state index is 0.310. The van der Waals surface area contributed by atoms with Crippen molar-refractivity contribution >= 4 is 10.9 Å². The SMILES string of the molecule is Cc1cc(C2CCCCN2)c2cc(O)ccc2n1. The first-order valence-electron chi connectivity index (χ1n) is 6.58. The Hall–Kier alpha value is -1.61. The highest BCUT2D eigenvalue weighted by atomic mass is 16.3. The summed E-state index contributed by atoms with van der Waals surface area (Å²) in [4.78, 5) is 4.53. The molecule has 0 bridgehead atoms. The van der Waals surface area contributed by atoms with Crippen molar-refractivity contribution in [3.63, 3.8) is 0 Å². The Morgan fingerprint density at radius 1 is 1.28 bits per heavy atom. The maximum absolute atomic E-state index is 9.67. The van der Waals surface area contributed by atoms with Crippen molar-refractivity contribution in [2.24, 2.45) is 0 Å². The predicted octanol–water partition coefficient (Wildman–Crippen LogP) is 3.06. The number of pyridine rings is 1. The van der Waals surface area contributed by atoms with Gasteiger partial charge in [-0.3, -0.25) is 4.98 Å². The summed E-state index contributed by atoms with van der Waals surface area (Å²) in [5, 5.41) is 14.3. The standard InChI is InChI=1S/C15H18N2O/c1-10-8-12(14-4-2-3-7-16-14)13-9-11(18)5-6-15(13)17-10/h5-6,8-9,14,16,18H,2-4,7H2,1H3. The lowest BCUT2D eigenvalue weighted by Crippen LogP contribution is -2.27. The average molecular weight is 242 g/mol. The number of hydrogen-bond donors (Lipinski definition) is 2. The van der Waals surface area contributed by atoms with Gasteiger partial charge < -0.3 is 10.4 Å². The molecule has 0 saturated carbocycles. The molecule has 0 amide bonds. The minimum absolute atomic E-state index is 0.310. The molecule has 3 nitrogen and oxygen atoms in total. The number of nitrogens with zero attached hydrogens (tertiary/aromatic N) is 1. The number of aryl methyl sites for hydroxylation is 1. The van der Waals surface area contributed by atoms with Crippen LogP contribution in [-0.4, -0.2) is 16.6 Å². The number of phenolic OH excluding ortho intramolecular Hbond substituents is 1. The second-order valence-corrected chi connectivity index (χ2v) is 5.06. The zero-order valence-electron chi connectivity index (χ0n) is 10.6. The number of hydrogen-bond acceptors (Lipinski definition) is 3. The summed E-state index contributed by atoms with van der Waals surface area (Å²) in [5.41, 5.74) is 3.28. The normalized spacial score (nSPS) is 20.2. The van der Waals surface area contributed by atoms with Gasteiger partial charge in [-0.15, -0.1) is 0 Å². The van der Waals surface area contributed by atoms with Gasteiger partial charge in [0.15, 0.2) is 0 Å². The van der Waals surface area contributed by atoms with Crippen molar-refractivity contribution in [2.45, 2.75) is 32.2 Å². The van der Waals surface area contributed by atoms with Crippen molar-refractivity contribution in [3.05, 3.63) is 35.5 Å². The molecule has 2 aromatic rings. The number of aromatic nitrogens is 1. The molecule has 1 fully saturated rings. The van der Waals surface area contributed by atoms with E-state index in [0.29, 0.717) is 11.8 Å². The zero-order valence-corrected chi connectivity index (χ0v) is 10.6. The molecule has 18 heavy (non-hydrogen) atoms. The third kappa shape index (κ3) is 2.06. The monoisotopic (exact) mass is 242 g/mol. The number of piperidine rings is 1. The average Bonchev–Trinajstić information content (AvgIpc) is 2.39. The number of nitrogens with one attached hydrogen (secondary N) is 1. The number of benzene rings is 1. The van der Waals surface area contributed by atoms with Crippen molar-refractivity contribution in [2.75, 3.05) is 6.54 Å². The van der Waals surface area contributed by atoms with Crippen LogP contribution in [0.3, 0.4) is 0 Å². The van der Waals surface area contributed by atoms with Gasteiger partial charge >= 0.3 is 0 Å². The quantitative estimate of drug-likeness (QED) is 0.807. The third-order valence-corrected chi connectivity index (χ3v) is 3.64. The highest BCUT2D eigenvalue weighted by Gasteiger charge is 2.18. The van der Waals surface area contributed by atoms with Crippen LogP contribution in [0.5, 0.6) is 5.75 Å². The number of aromatic hydroxyl groups is 1. The molecule has 0 aliphatic carbocycles. The lowest BCUT2D eigenvalue weighted by atomic mass is 9.94. The fraction of sp³-hybridized carbons (Fsp3) is 0.400. The summed E-state index contributed by atoms with van der Waals surface area (Å²) >= 11 is 0. The first kappa shape index (κ1) is 11.5. The summed E-state index contributed by atoms with van der Waals surface area (Å²) in [6, 6.07) is 7.96. The van der Waals surface area contributed by atoms with E-state index in [1.54, 1.807) is 6.07 Å². The van der Waals surface area contributed by atoms with E-state index in [0.717, 1.165) is 29.6 Å². The van der Waals surface area contributed by atoms with Crippen LogP contribution in [0, 0.1) is 6.92 Å². The first-order valence-corrected chi connectivity index (χ1v) is 6.58. The third-order valence-electron chi connectivity index (χ3n) is 3.64. The molecule has 3 heteroatoms. The molecular weight excluding hydrogens is 224 g/mol. The fourth-order valence-corrected chi connectivity index (χ4v) is 2.78. The molecule has 1 aromatic heterocycles. The van der Waals surface area contributed by atoms with Crippen LogP contribution in [0.25, 0.3) is 10.9 Å². The van der Waals surface area contributed by atoms with Gasteiger partial charge in [0.25, 0.3) is 0 Å². The Morgan fingerprint density at radius 2 is 2.17 bits per heavy atom. The number of rotatable bonds is 1. The molecule has 1 aliphatic rings. The smallest absolute Gasteiger partial charge is 0.116 e. The zero-order chi connectivity index (χ0) is 12.5. The Kier molecular flexibility index (Phi) is 2.92. The summed E-state index contributed by atoms with van der Waals surface area (Å²) in [5.74, 6) is 0.310. The maximum Gasteiger partial charge on any atom is 0.116 e. The van der Waals surface area contributed by atoms with E-state index < -0.39 is 0 Å². The summed E-state index contributed by atoms with van der Waals surface area (Å²) in [6.45, 7) is 3.10. The summed E-state index contributed by atoms with van der Waals surface area (Å²) < 4.78 is 0. The largest absolute Gasteiger partial charge is 0.508 e. The van der Waals surface area contributed by atoms with Gasteiger partial charge in [0.05, 0.1) is 5.52 Å². The highest BCUT2D eigenvalue weighted by Crippen LogP contribution is 2.31. The van der Waals surface area contributed by atoms with E-state index in [2.05, 4.69) is 16.4 Å². The van der Waals surface area contributed by atoms with Crippen LogP contribution >= 0.6 is 0 Å². The maximum atomic E-state index is 9.67. The van der Waals surface area contributed by atoms with Gasteiger partial charge in [-0.25, -0.2) is 0 Å². The summed E-state index contributed by atoms with van der Waals surface area (Å²) in [6.07, 6.45) is 3.68. The predicted molar refractivity (Wildman–Crippen MR) is 72.7 cm³/mol. The number of fused-ring (bicyclic) bond motifs is 1. The van der Waals surface area contributed by atoms with E-state index in [-0.39, 0.29) is 0 Å². The van der Waals surface area contributed by atoms with Crippen molar-refractivity contribution in [1.29, 1.82) is 0 Å². The highest BCUT2D eigenvalue weighted by molar-refractivity contribution is 5.84. The van der Waals surface area contributed by atoms with Gasteiger partial charge in [-0.05, 0) is 56.1 Å². The second-order valence-electron chi connectivity index (χ2n) is 5.06. The lowest BCUT2D eigenvalue weighted by molar-refractivity contribution is 0.414. The molecule has 2 N–H and O–H groups in total. The van der Waals surface area contributed by atoms with E-state index >= 15 is 0 Å². The molecule has 94 valence electrons. The van der Waals surface area contributed by atoms with E-state index in [1.807, 2.05) is 19.1 Å². The van der Waals surface area contributed by atoms with Crippen LogP contribution in [0.15, 0.2) is 24.3 Å². The first-order chi connectivity index (χ1) is 8.74. The second kappa shape index (κ2) is 4.58. The van der Waals surface area contributed by atoms with Crippen LogP contribution in [0.2, 0.25) is 0 Å². The summed E-state index contributed by atoms with van der Waals surface area (Å²) in [7, 11) is 0. The Balaban J connectivity index is 2.16. The van der Waals surface area contributed by atoms with E-state index in [1.165, 1.54) is 18.4 Å². The molecule has 3 rings (SSSR count). The lowest BCUT2D eigenvalue weighted by Gasteiger charge is -2.25. The van der Waals surface area contributed by atoms with Gasteiger partial charge in [-0.1, -0.05) is 6.42 Å². The van der Waals surface area contributed by atoms with E-state index in [4.69, 9.17) is 0 Å². The molecule has 1 aliphatic heterocycles. The van der Waals surface area contributed by atoms with Gasteiger partial charge in [0.2, 0.25) is 0 Å². The Bertz CT molecular complexity index is 574. The topological polar surface area (TPSA) is 45.1 Å². The van der Waals surface area contributed by atoms with E-state index in [9.17, 15) is 5.11 Å². The van der Waals surface area contributed by atoms with Crippen molar-refractivity contribution in [3.8, 4) is 5.75 Å². The van der Waals surface area contributed by atoms with Gasteiger partial charge in [-0.2, -0.15) is 0 Å². The molecule has 1 saturated heterocycles. The Morgan fingerprint density at radius 3 is 2.94 bits per heavy atom. The molecule has 1 unspecified atom stereocenters. The molecule has 0 spiro atoms. The van der Waals surface area contributed by atoms with Gasteiger partial charge in [0, 0.05) is 17.1 Å². The van der Waals surface area contributed by atoms with Crippen molar-refractivity contribution < 1.29 is 5.11 Å². The van der Waals surface area contributed by atoms with Crippen LogP contribution in [0.1, 0.15) is 36.6 Å². The molecular formula is C15H18N2O. The van der Waals surface area contributed by atoms with Crippen LogP contribution in [-0.2, 0) is 0 Å². The Labute approximate surface area is 107 Å². The molecule has 1 atom stereocenters. The van der Waals surface area contributed by atoms with Gasteiger partial charge in [0.1, 0.15) is 5.75 Å². The van der Waals surface area contributed by atoms with Crippen LogP contribution in [0.4, 0.5) is 0 Å². The van der Waals surface area contributed by atoms with Crippen LogP contribution < -0.4 is 5.32 Å². The molecule has 0 radical (unpaired) electrons. The molecule has 1 aromatic carbocycles. The van der Waals surface area contributed by atoms with Crippen molar-refractivity contribution in [1.82, 2.24) is 10.3 Å². The molecule has 2 heterocycles.